The Kier molecular flexibility index (Phi) is 3.82. The molecule has 10 heteroatoms. The summed E-state index contributed by atoms with van der Waals surface area (Å²) < 4.78 is 16.1. The predicted octanol–water partition coefficient (Wildman–Crippen LogP) is 2.12. The monoisotopic (exact) mass is 426 g/mol. The number of hydrogen-bond donors (Lipinski definition) is 0. The molecule has 3 aromatic rings. The summed E-state index contributed by atoms with van der Waals surface area (Å²) in [5.41, 5.74) is 2.39. The van der Waals surface area contributed by atoms with Gasteiger partial charge in [-0.2, -0.15) is 0 Å². The van der Waals surface area contributed by atoms with E-state index in [1.54, 1.807) is 0 Å². The minimum Gasteiger partial charge on any atom is -0.353 e. The Morgan fingerprint density at radius 2 is 1.87 bits per heavy atom. The van der Waals surface area contributed by atoms with Gasteiger partial charge in [-0.1, -0.05) is 11.6 Å². The van der Waals surface area contributed by atoms with Crippen molar-refractivity contribution < 1.29 is 4.39 Å². The van der Waals surface area contributed by atoms with Crippen LogP contribution in [-0.2, 0) is 13.1 Å². The minimum absolute atomic E-state index is 0.147. The molecule has 2 aromatic heterocycles. The predicted molar refractivity (Wildman–Crippen MR) is 110 cm³/mol. The normalized spacial score (nSPS) is 19.7. The summed E-state index contributed by atoms with van der Waals surface area (Å²) in [6.07, 6.45) is 2.61. The summed E-state index contributed by atoms with van der Waals surface area (Å²) in [5, 5.41) is 9.73. The van der Waals surface area contributed by atoms with Crippen LogP contribution in [0, 0.1) is 11.2 Å². The van der Waals surface area contributed by atoms with Crippen molar-refractivity contribution in [2.45, 2.75) is 13.1 Å². The molecule has 0 unspecified atom stereocenters. The van der Waals surface area contributed by atoms with E-state index in [2.05, 4.69) is 41.6 Å². The minimum atomic E-state index is -0.370. The molecule has 3 aliphatic heterocycles. The molecule has 0 amide bonds. The fourth-order valence-electron chi connectivity index (χ4n) is 4.91. The van der Waals surface area contributed by atoms with Crippen LogP contribution in [0.3, 0.4) is 0 Å². The largest absolute Gasteiger partial charge is 0.353 e. The molecule has 1 aromatic carbocycles. The number of nitrogens with zero attached hydrogens (tertiary/aromatic N) is 8. The first kappa shape index (κ1) is 18.0. The van der Waals surface area contributed by atoms with Crippen LogP contribution in [-0.4, -0.2) is 62.9 Å². The molecule has 8 nitrogen and oxygen atoms in total. The first-order valence-corrected chi connectivity index (χ1v) is 10.3. The van der Waals surface area contributed by atoms with Gasteiger partial charge in [0, 0.05) is 43.2 Å². The maximum absolute atomic E-state index is 14.0. The standard InChI is InChI=1S/C20H20ClFN8/c1-27-6-13-4-14(21)2-3-16(13)30-17(7-27)25-26-19(30)29-10-20(11-29)8-28(9-20)18-15(22)5-23-12-24-18/h2-5,12H,6-11H2,1H3. The second-order valence-corrected chi connectivity index (χ2v) is 9.04. The molecule has 1 spiro atoms. The molecule has 0 radical (unpaired) electrons. The first-order valence-electron chi connectivity index (χ1n) is 9.88. The van der Waals surface area contributed by atoms with Crippen LogP contribution in [0.1, 0.15) is 11.4 Å². The van der Waals surface area contributed by atoms with Gasteiger partial charge in [0.25, 0.3) is 0 Å². The Morgan fingerprint density at radius 3 is 2.67 bits per heavy atom. The Balaban J connectivity index is 1.25. The fraction of sp³-hybridized carbons (Fsp3) is 0.400. The van der Waals surface area contributed by atoms with E-state index in [0.717, 1.165) is 67.3 Å². The summed E-state index contributed by atoms with van der Waals surface area (Å²) in [4.78, 5) is 14.3. The van der Waals surface area contributed by atoms with Gasteiger partial charge in [-0.25, -0.2) is 14.4 Å². The Hall–Kier alpha value is -2.78. The van der Waals surface area contributed by atoms with Crippen molar-refractivity contribution in [1.29, 1.82) is 0 Å². The summed E-state index contributed by atoms with van der Waals surface area (Å²) >= 11 is 6.25. The van der Waals surface area contributed by atoms with Gasteiger partial charge >= 0.3 is 0 Å². The van der Waals surface area contributed by atoms with Crippen molar-refractivity contribution in [1.82, 2.24) is 29.6 Å². The maximum Gasteiger partial charge on any atom is 0.231 e. The van der Waals surface area contributed by atoms with E-state index in [-0.39, 0.29) is 11.2 Å². The van der Waals surface area contributed by atoms with Gasteiger partial charge in [-0.05, 0) is 30.8 Å². The van der Waals surface area contributed by atoms with Crippen molar-refractivity contribution in [2.75, 3.05) is 43.0 Å². The van der Waals surface area contributed by atoms with Crippen LogP contribution in [0.4, 0.5) is 16.2 Å². The van der Waals surface area contributed by atoms with Gasteiger partial charge in [0.2, 0.25) is 5.95 Å². The average Bonchev–Trinajstić information content (AvgIpc) is 2.97. The SMILES string of the molecule is CN1Cc2cc(Cl)ccc2-n2c(nnc2N2CC3(CN(c4ncncc4F)C3)C2)C1. The number of halogens is 2. The highest BCUT2D eigenvalue weighted by atomic mass is 35.5. The van der Waals surface area contributed by atoms with E-state index in [9.17, 15) is 4.39 Å². The van der Waals surface area contributed by atoms with Gasteiger partial charge in [0.1, 0.15) is 6.33 Å². The Labute approximate surface area is 177 Å². The molecule has 5 heterocycles. The Bertz CT molecular complexity index is 1130. The highest BCUT2D eigenvalue weighted by Crippen LogP contribution is 2.44. The zero-order chi connectivity index (χ0) is 20.5. The van der Waals surface area contributed by atoms with E-state index < -0.39 is 0 Å². The second-order valence-electron chi connectivity index (χ2n) is 8.60. The zero-order valence-electron chi connectivity index (χ0n) is 16.5. The summed E-state index contributed by atoms with van der Waals surface area (Å²) in [6.45, 7) is 4.84. The smallest absolute Gasteiger partial charge is 0.231 e. The van der Waals surface area contributed by atoms with Crippen LogP contribution in [0.5, 0.6) is 0 Å². The van der Waals surface area contributed by atoms with Crippen molar-refractivity contribution in [3.8, 4) is 5.69 Å². The number of aromatic nitrogens is 5. The molecule has 30 heavy (non-hydrogen) atoms. The molecular weight excluding hydrogens is 407 g/mol. The van der Waals surface area contributed by atoms with E-state index in [1.165, 1.54) is 12.5 Å². The summed E-state index contributed by atoms with van der Waals surface area (Å²) in [6, 6.07) is 5.98. The summed E-state index contributed by atoms with van der Waals surface area (Å²) in [7, 11) is 2.07. The van der Waals surface area contributed by atoms with Crippen molar-refractivity contribution in [2.24, 2.45) is 5.41 Å². The number of hydrogen-bond acceptors (Lipinski definition) is 7. The summed E-state index contributed by atoms with van der Waals surface area (Å²) in [5.74, 6) is 1.80. The van der Waals surface area contributed by atoms with E-state index in [1.807, 2.05) is 23.1 Å². The molecule has 6 rings (SSSR count). The van der Waals surface area contributed by atoms with Gasteiger partial charge in [0.05, 0.1) is 18.4 Å². The molecule has 154 valence electrons. The third kappa shape index (κ3) is 2.69. The molecular formula is C20H20ClFN8. The lowest BCUT2D eigenvalue weighted by Crippen LogP contribution is -2.73. The molecule has 0 atom stereocenters. The lowest BCUT2D eigenvalue weighted by atomic mass is 9.73. The highest BCUT2D eigenvalue weighted by Gasteiger charge is 2.54. The number of anilines is 2. The molecule has 0 N–H and O–H groups in total. The van der Waals surface area contributed by atoms with Gasteiger partial charge in [-0.15, -0.1) is 10.2 Å². The first-order chi connectivity index (χ1) is 14.5. The lowest BCUT2D eigenvalue weighted by molar-refractivity contribution is 0.152. The second kappa shape index (κ2) is 6.36. The maximum atomic E-state index is 14.0. The van der Waals surface area contributed by atoms with Crippen LogP contribution >= 0.6 is 11.6 Å². The van der Waals surface area contributed by atoms with Crippen molar-refractivity contribution in [3.05, 3.63) is 53.0 Å². The average molecular weight is 427 g/mol. The van der Waals surface area contributed by atoms with E-state index in [4.69, 9.17) is 11.6 Å². The highest BCUT2D eigenvalue weighted by molar-refractivity contribution is 6.30. The number of rotatable bonds is 2. The van der Waals surface area contributed by atoms with Crippen molar-refractivity contribution in [3.63, 3.8) is 0 Å². The van der Waals surface area contributed by atoms with Crippen molar-refractivity contribution >= 4 is 23.4 Å². The van der Waals surface area contributed by atoms with Gasteiger partial charge in [0.15, 0.2) is 17.5 Å². The topological polar surface area (TPSA) is 66.2 Å². The van der Waals surface area contributed by atoms with Crippen LogP contribution in [0.2, 0.25) is 5.02 Å². The van der Waals surface area contributed by atoms with Crippen LogP contribution in [0.15, 0.2) is 30.7 Å². The number of benzene rings is 1. The van der Waals surface area contributed by atoms with E-state index in [0.29, 0.717) is 5.82 Å². The number of fused-ring (bicyclic) bond motifs is 3. The van der Waals surface area contributed by atoms with Gasteiger partial charge in [-0.3, -0.25) is 9.47 Å². The Morgan fingerprint density at radius 1 is 1.07 bits per heavy atom. The zero-order valence-corrected chi connectivity index (χ0v) is 17.2. The van der Waals surface area contributed by atoms with E-state index >= 15 is 0 Å². The van der Waals surface area contributed by atoms with Gasteiger partial charge < -0.3 is 9.80 Å². The van der Waals surface area contributed by atoms with Crippen LogP contribution < -0.4 is 9.80 Å². The molecule has 3 aliphatic rings. The van der Waals surface area contributed by atoms with Crippen LogP contribution in [0.25, 0.3) is 5.69 Å². The molecule has 0 saturated carbocycles. The quantitative estimate of drug-likeness (QED) is 0.621. The molecule has 0 aliphatic carbocycles. The third-order valence-corrected chi connectivity index (χ3v) is 6.42. The third-order valence-electron chi connectivity index (χ3n) is 6.18. The molecule has 2 fully saturated rings. The lowest BCUT2D eigenvalue weighted by Gasteiger charge is -2.60. The fourth-order valence-corrected chi connectivity index (χ4v) is 5.10. The molecule has 0 bridgehead atoms. The molecule has 2 saturated heterocycles.